The predicted molar refractivity (Wildman–Crippen MR) is 461 cm³/mol. The van der Waals surface area contributed by atoms with Crippen LogP contribution in [0.2, 0.25) is 0 Å². The summed E-state index contributed by atoms with van der Waals surface area (Å²) in [5, 5.41) is 121. The number of aliphatic hydroxyl groups is 11. The maximum Gasteiger partial charge on any atom is 0.220 e. The van der Waals surface area contributed by atoms with Crippen LogP contribution in [0.5, 0.6) is 0 Å². The van der Waals surface area contributed by atoms with Gasteiger partial charge in [-0.05, 0) is 103 Å². The van der Waals surface area contributed by atoms with Crippen LogP contribution in [0, 0.1) is 0 Å². The predicted octanol–water partition coefficient (Wildman–Crippen LogP) is 17.3. The number of amides is 1. The Kier molecular flexibility index (Phi) is 66.2. The minimum Gasteiger partial charge on any atom is -0.394 e. The minimum atomic E-state index is -1.99. The summed E-state index contributed by atoms with van der Waals surface area (Å²) in [6.07, 6.45) is 79.9. The molecule has 17 atom stereocenters. The molecule has 12 N–H and O–H groups in total. The molecule has 0 aromatic rings. The number of ether oxygens (including phenoxy) is 6. The molecule has 19 nitrogen and oxygen atoms in total. The molecule has 0 aromatic carbocycles. The second-order valence-electron chi connectivity index (χ2n) is 31.3. The lowest BCUT2D eigenvalue weighted by atomic mass is 9.96. The third kappa shape index (κ3) is 50.6. The Bertz CT molecular complexity index is 2630. The lowest BCUT2D eigenvalue weighted by molar-refractivity contribution is -0.379. The summed E-state index contributed by atoms with van der Waals surface area (Å²) in [6, 6.07) is -1.01. The SMILES string of the molecule is CC/C=C\C/C=C\C/C=C\C/C=C\C/C=C\C/C=C\C/C=C\C/C=C\C/C=C\C/C=C\C/C=C\CCCCCC(=O)NC(COC1OC(CO)C(OC2OC(CO)C(OC3OC(CO)C(O)C(O)C3O)C(O)C2O)C(O)C1O)C(O)/C=C/CCCCCCCCCCCCCCCCCCCCCCCCCCCCCCCC. The van der Waals surface area contributed by atoms with Crippen molar-refractivity contribution < 1.29 is 89.4 Å². The van der Waals surface area contributed by atoms with Gasteiger partial charge in [-0.15, -0.1) is 0 Å². The highest BCUT2D eigenvalue weighted by atomic mass is 16.8. The number of hydrogen-bond acceptors (Lipinski definition) is 18. The van der Waals surface area contributed by atoms with Gasteiger partial charge in [0.05, 0.1) is 38.6 Å². The second kappa shape index (κ2) is 72.7. The smallest absolute Gasteiger partial charge is 0.220 e. The van der Waals surface area contributed by atoms with Gasteiger partial charge in [0.15, 0.2) is 18.9 Å². The molecule has 114 heavy (non-hydrogen) atoms. The molecule has 0 aliphatic carbocycles. The maximum absolute atomic E-state index is 13.5. The van der Waals surface area contributed by atoms with Crippen LogP contribution in [-0.4, -0.2) is 193 Å². The topological polar surface area (TPSA) is 307 Å². The van der Waals surface area contributed by atoms with Gasteiger partial charge in [0, 0.05) is 6.42 Å². The minimum absolute atomic E-state index is 0.194. The number of carbonyl (C=O) groups excluding carboxylic acids is 1. The van der Waals surface area contributed by atoms with Gasteiger partial charge in [0.1, 0.15) is 73.2 Å². The van der Waals surface area contributed by atoms with Crippen molar-refractivity contribution in [2.24, 2.45) is 0 Å². The molecule has 3 heterocycles. The van der Waals surface area contributed by atoms with Crippen molar-refractivity contribution in [2.75, 3.05) is 26.4 Å². The Hall–Kier alpha value is -4.33. The van der Waals surface area contributed by atoms with Gasteiger partial charge >= 0.3 is 0 Å². The quantitative estimate of drug-likeness (QED) is 0.0199. The fourth-order valence-corrected chi connectivity index (χ4v) is 14.3. The highest BCUT2D eigenvalue weighted by Crippen LogP contribution is 2.33. The van der Waals surface area contributed by atoms with Crippen molar-refractivity contribution >= 4 is 5.91 Å². The van der Waals surface area contributed by atoms with Crippen molar-refractivity contribution in [1.29, 1.82) is 0 Å². The lowest BCUT2D eigenvalue weighted by Gasteiger charge is -2.48. The van der Waals surface area contributed by atoms with Gasteiger partial charge in [-0.2, -0.15) is 0 Å². The Morgan fingerprint density at radius 3 is 0.947 bits per heavy atom. The largest absolute Gasteiger partial charge is 0.394 e. The molecule has 0 radical (unpaired) electrons. The van der Waals surface area contributed by atoms with Crippen molar-refractivity contribution in [2.45, 2.75) is 420 Å². The van der Waals surface area contributed by atoms with Crippen LogP contribution in [-0.2, 0) is 33.2 Å². The van der Waals surface area contributed by atoms with Crippen LogP contribution in [0.3, 0.4) is 0 Å². The van der Waals surface area contributed by atoms with Crippen LogP contribution in [0.1, 0.15) is 316 Å². The summed E-state index contributed by atoms with van der Waals surface area (Å²) in [4.78, 5) is 13.5. The molecule has 0 saturated carbocycles. The molecule has 3 rings (SSSR count). The zero-order chi connectivity index (χ0) is 82.4. The summed E-state index contributed by atoms with van der Waals surface area (Å²) in [5.41, 5.74) is 0. The van der Waals surface area contributed by atoms with Crippen LogP contribution < -0.4 is 5.32 Å². The number of unbranched alkanes of at least 4 members (excludes halogenated alkanes) is 33. The Labute approximate surface area is 689 Å². The molecule has 3 aliphatic rings. The average Bonchev–Trinajstić information content (AvgIpc) is 0.777. The number of carbonyl (C=O) groups is 1. The van der Waals surface area contributed by atoms with Gasteiger partial charge in [0.2, 0.25) is 5.91 Å². The van der Waals surface area contributed by atoms with E-state index in [0.29, 0.717) is 6.42 Å². The zero-order valence-corrected chi connectivity index (χ0v) is 70.5. The van der Waals surface area contributed by atoms with Crippen molar-refractivity contribution in [3.8, 4) is 0 Å². The molecule has 3 fully saturated rings. The molecular formula is C95H161NO18. The highest BCUT2D eigenvalue weighted by molar-refractivity contribution is 5.76. The average molecular weight is 1610 g/mol. The molecule has 1 amide bonds. The van der Waals surface area contributed by atoms with E-state index in [1.54, 1.807) is 6.08 Å². The summed E-state index contributed by atoms with van der Waals surface area (Å²) in [6.45, 7) is 1.62. The zero-order valence-electron chi connectivity index (χ0n) is 70.5. The highest BCUT2D eigenvalue weighted by Gasteiger charge is 2.54. The third-order valence-electron chi connectivity index (χ3n) is 21.4. The molecular weight excluding hydrogens is 1440 g/mol. The Morgan fingerprint density at radius 2 is 0.605 bits per heavy atom. The van der Waals surface area contributed by atoms with Crippen LogP contribution >= 0.6 is 0 Å². The second-order valence-corrected chi connectivity index (χ2v) is 31.3. The van der Waals surface area contributed by atoms with Crippen LogP contribution in [0.15, 0.2) is 146 Å². The Balaban J connectivity index is 1.36. The van der Waals surface area contributed by atoms with Gasteiger partial charge in [-0.3, -0.25) is 4.79 Å². The number of rotatable bonds is 71. The standard InChI is InChI=1S/C95H161NO18/c1-3-5-7-9-11-13-15-17-19-21-23-25-27-29-31-33-35-37-38-39-40-41-43-45-47-49-51-53-55-57-59-61-63-65-67-69-71-73-83(101)96-78(79(100)72-70-68-66-64-62-60-58-56-54-52-50-48-46-44-42-36-34-32-30-28-26-24-22-20-18-16-14-12-10-8-6-4-2)77-109-93-89(107)86(104)91(81(75-98)111-93)114-95-90(108)87(105)92(82(76-99)112-95)113-94-88(106)85(103)84(102)80(74-97)110-94/h5,7,11,13,17,19,23,25,29,31,35,37,39-40,43,45,49,51,55,57,61,63,70,72,78-82,84-95,97-100,102-108H,3-4,6,8-10,12,14-16,18,20-22,24,26-28,30,32-34,36,38,41-42,44,46-48,50,52-54,56,58-60,62,64-69,71,73-77H2,1-2H3,(H,96,101)/b7-5-,13-11-,19-17-,25-23-,31-29-,37-35-,40-39-,45-43-,51-49-,57-55-,63-61-,72-70+. The van der Waals surface area contributed by atoms with Gasteiger partial charge < -0.3 is 89.9 Å². The lowest BCUT2D eigenvalue weighted by Crippen LogP contribution is -2.66. The molecule has 19 heteroatoms. The summed E-state index contributed by atoms with van der Waals surface area (Å²) in [7, 11) is 0. The van der Waals surface area contributed by atoms with E-state index in [0.717, 1.165) is 116 Å². The first kappa shape index (κ1) is 104. The van der Waals surface area contributed by atoms with E-state index < -0.39 is 124 Å². The molecule has 3 saturated heterocycles. The summed E-state index contributed by atoms with van der Waals surface area (Å²) >= 11 is 0. The van der Waals surface area contributed by atoms with Crippen molar-refractivity contribution in [3.63, 3.8) is 0 Å². The van der Waals surface area contributed by atoms with Gasteiger partial charge in [-0.1, -0.05) is 352 Å². The number of hydrogen-bond donors (Lipinski definition) is 12. The number of allylic oxidation sites excluding steroid dienone is 23. The van der Waals surface area contributed by atoms with E-state index in [1.165, 1.54) is 173 Å². The summed E-state index contributed by atoms with van der Waals surface area (Å²) < 4.78 is 34.5. The number of aliphatic hydroxyl groups excluding tert-OH is 11. The monoisotopic (exact) mass is 1600 g/mol. The van der Waals surface area contributed by atoms with E-state index in [9.17, 15) is 61.0 Å². The van der Waals surface area contributed by atoms with Crippen molar-refractivity contribution in [3.05, 3.63) is 146 Å². The Morgan fingerprint density at radius 1 is 0.325 bits per heavy atom. The molecule has 0 aromatic heterocycles. The van der Waals surface area contributed by atoms with Gasteiger partial charge in [-0.25, -0.2) is 0 Å². The van der Waals surface area contributed by atoms with E-state index in [2.05, 4.69) is 153 Å². The van der Waals surface area contributed by atoms with Crippen LogP contribution in [0.25, 0.3) is 0 Å². The van der Waals surface area contributed by atoms with E-state index in [-0.39, 0.29) is 18.9 Å². The summed E-state index contributed by atoms with van der Waals surface area (Å²) in [5.74, 6) is -0.310. The van der Waals surface area contributed by atoms with E-state index >= 15 is 0 Å². The van der Waals surface area contributed by atoms with Crippen LogP contribution in [0.4, 0.5) is 0 Å². The first-order chi connectivity index (χ1) is 55.8. The maximum atomic E-state index is 13.5. The first-order valence-corrected chi connectivity index (χ1v) is 45.1. The first-order valence-electron chi connectivity index (χ1n) is 45.1. The molecule has 17 unspecified atom stereocenters. The van der Waals surface area contributed by atoms with E-state index in [4.69, 9.17) is 28.4 Å². The molecule has 0 bridgehead atoms. The molecule has 0 spiro atoms. The normalized spacial score (nSPS) is 25.4. The molecule has 654 valence electrons. The number of nitrogens with one attached hydrogen (secondary N) is 1. The fraction of sp³-hybridized carbons (Fsp3) is 0.737. The van der Waals surface area contributed by atoms with Gasteiger partial charge in [0.25, 0.3) is 0 Å². The third-order valence-corrected chi connectivity index (χ3v) is 21.4. The fourth-order valence-electron chi connectivity index (χ4n) is 14.3. The van der Waals surface area contributed by atoms with Crippen molar-refractivity contribution in [1.82, 2.24) is 5.32 Å². The van der Waals surface area contributed by atoms with E-state index in [1.807, 2.05) is 6.08 Å². The molecule has 3 aliphatic heterocycles.